The van der Waals surface area contributed by atoms with Gasteiger partial charge in [0.25, 0.3) is 5.91 Å². The first-order chi connectivity index (χ1) is 19.5. The highest BCUT2D eigenvalue weighted by Crippen LogP contribution is 2.20. The lowest BCUT2D eigenvalue weighted by Gasteiger charge is -2.33. The van der Waals surface area contributed by atoms with E-state index in [2.05, 4.69) is 63.2 Å². The monoisotopic (exact) mass is 539 g/mol. The molecule has 0 saturated carbocycles. The van der Waals surface area contributed by atoms with Crippen LogP contribution in [-0.4, -0.2) is 64.2 Å². The van der Waals surface area contributed by atoms with E-state index in [0.29, 0.717) is 49.9 Å². The van der Waals surface area contributed by atoms with Gasteiger partial charge in [0.05, 0.1) is 0 Å². The standard InChI is InChI=1S/C31H37N7O2/c1-21(2)16-24-18-28(30(39)38-15-14-32-25(20-38)17-22-8-4-3-5-9-22)36-37-29(24)35-31(40)33-13-12-23-19-34-27-11-7-6-10-26(23)27/h3-11,18-19,21,25,32,34H,12-17,20H2,1-2H3,(H2,33,35,37,40)/t25-/m0/s1. The van der Waals surface area contributed by atoms with Crippen molar-refractivity contribution < 1.29 is 9.59 Å². The van der Waals surface area contributed by atoms with E-state index in [0.717, 1.165) is 35.0 Å². The Bertz CT molecular complexity index is 1450. The van der Waals surface area contributed by atoms with Gasteiger partial charge in [0.1, 0.15) is 0 Å². The van der Waals surface area contributed by atoms with Gasteiger partial charge >= 0.3 is 6.03 Å². The van der Waals surface area contributed by atoms with Crippen LogP contribution < -0.4 is 16.0 Å². The number of hydrogen-bond donors (Lipinski definition) is 4. The summed E-state index contributed by atoms with van der Waals surface area (Å²) in [5.41, 5.74) is 4.58. The van der Waals surface area contributed by atoms with Crippen LogP contribution in [0.15, 0.2) is 66.9 Å². The highest BCUT2D eigenvalue weighted by molar-refractivity contribution is 5.94. The van der Waals surface area contributed by atoms with Gasteiger partial charge in [-0.3, -0.25) is 10.1 Å². The van der Waals surface area contributed by atoms with Crippen molar-refractivity contribution in [2.45, 2.75) is 39.2 Å². The van der Waals surface area contributed by atoms with Crippen LogP contribution in [0.2, 0.25) is 0 Å². The van der Waals surface area contributed by atoms with Gasteiger partial charge in [0.2, 0.25) is 0 Å². The van der Waals surface area contributed by atoms with E-state index in [1.807, 2.05) is 47.5 Å². The van der Waals surface area contributed by atoms with Crippen molar-refractivity contribution in [3.63, 3.8) is 0 Å². The number of piperazine rings is 1. The molecule has 1 aliphatic rings. The summed E-state index contributed by atoms with van der Waals surface area (Å²) in [7, 11) is 0. The van der Waals surface area contributed by atoms with Crippen LogP contribution in [-0.2, 0) is 19.3 Å². The highest BCUT2D eigenvalue weighted by atomic mass is 16.2. The molecule has 0 aliphatic carbocycles. The van der Waals surface area contributed by atoms with E-state index in [-0.39, 0.29) is 18.0 Å². The molecule has 0 radical (unpaired) electrons. The molecular formula is C31H37N7O2. The SMILES string of the molecule is CC(C)Cc1cc(C(=O)N2CCN[C@@H](Cc3ccccc3)C2)nnc1NC(=O)NCCc1c[nH]c2ccccc12. The summed E-state index contributed by atoms with van der Waals surface area (Å²) >= 11 is 0. The molecule has 1 atom stereocenters. The third-order valence-electron chi connectivity index (χ3n) is 7.17. The van der Waals surface area contributed by atoms with Gasteiger partial charge in [0.15, 0.2) is 11.5 Å². The number of rotatable bonds is 9. The van der Waals surface area contributed by atoms with Crippen molar-refractivity contribution in [3.05, 3.63) is 89.2 Å². The number of urea groups is 1. The summed E-state index contributed by atoms with van der Waals surface area (Å²) in [4.78, 5) is 31.2. The number of nitrogens with one attached hydrogen (secondary N) is 4. The first kappa shape index (κ1) is 27.3. The van der Waals surface area contributed by atoms with Gasteiger partial charge in [-0.05, 0) is 54.0 Å². The zero-order chi connectivity index (χ0) is 27.9. The van der Waals surface area contributed by atoms with Gasteiger partial charge in [-0.2, -0.15) is 0 Å². The van der Waals surface area contributed by atoms with Crippen LogP contribution >= 0.6 is 0 Å². The van der Waals surface area contributed by atoms with Gasteiger partial charge in [-0.15, -0.1) is 10.2 Å². The quantitative estimate of drug-likeness (QED) is 0.255. The van der Waals surface area contributed by atoms with E-state index in [1.54, 1.807) is 6.07 Å². The van der Waals surface area contributed by atoms with Crippen molar-refractivity contribution in [1.82, 2.24) is 30.7 Å². The number of benzene rings is 2. The number of fused-ring (bicyclic) bond motifs is 1. The van der Waals surface area contributed by atoms with E-state index < -0.39 is 0 Å². The summed E-state index contributed by atoms with van der Waals surface area (Å²) in [6.45, 7) is 6.62. The largest absolute Gasteiger partial charge is 0.361 e. The molecule has 40 heavy (non-hydrogen) atoms. The second-order valence-electron chi connectivity index (χ2n) is 10.8. The predicted molar refractivity (Wildman–Crippen MR) is 157 cm³/mol. The van der Waals surface area contributed by atoms with Crippen molar-refractivity contribution in [3.8, 4) is 0 Å². The lowest BCUT2D eigenvalue weighted by atomic mass is 10.0. The Morgan fingerprint density at radius 2 is 1.85 bits per heavy atom. The molecule has 9 heteroatoms. The van der Waals surface area contributed by atoms with Crippen molar-refractivity contribution in [2.75, 3.05) is 31.5 Å². The topological polar surface area (TPSA) is 115 Å². The number of hydrogen-bond acceptors (Lipinski definition) is 5. The molecule has 1 aliphatic heterocycles. The molecule has 3 heterocycles. The zero-order valence-corrected chi connectivity index (χ0v) is 23.1. The number of carbonyl (C=O) groups excluding carboxylic acids is 2. The van der Waals surface area contributed by atoms with E-state index in [9.17, 15) is 9.59 Å². The molecule has 1 saturated heterocycles. The normalized spacial score (nSPS) is 15.4. The number of H-pyrrole nitrogens is 1. The number of anilines is 1. The third kappa shape index (κ3) is 6.84. The first-order valence-corrected chi connectivity index (χ1v) is 14.0. The fourth-order valence-electron chi connectivity index (χ4n) is 5.24. The maximum atomic E-state index is 13.4. The molecular weight excluding hydrogens is 502 g/mol. The van der Waals surface area contributed by atoms with Gasteiger partial charge in [-0.25, -0.2) is 4.79 Å². The molecule has 9 nitrogen and oxygen atoms in total. The second kappa shape index (κ2) is 12.7. The minimum Gasteiger partial charge on any atom is -0.361 e. The molecule has 1 fully saturated rings. The van der Waals surface area contributed by atoms with Crippen molar-refractivity contribution in [2.24, 2.45) is 5.92 Å². The van der Waals surface area contributed by atoms with Crippen LogP contribution in [0, 0.1) is 5.92 Å². The minimum atomic E-state index is -0.343. The third-order valence-corrected chi connectivity index (χ3v) is 7.17. The molecule has 0 bridgehead atoms. The molecule has 0 unspecified atom stereocenters. The molecule has 0 spiro atoms. The van der Waals surface area contributed by atoms with E-state index >= 15 is 0 Å². The molecule has 2 aromatic carbocycles. The maximum absolute atomic E-state index is 13.4. The number of carbonyl (C=O) groups is 2. The van der Waals surface area contributed by atoms with Crippen LogP contribution in [0.25, 0.3) is 10.9 Å². The Hall–Kier alpha value is -4.24. The van der Waals surface area contributed by atoms with Crippen LogP contribution in [0.1, 0.15) is 41.0 Å². The number of para-hydroxylation sites is 1. The summed E-state index contributed by atoms with van der Waals surface area (Å²) in [5.74, 6) is 0.566. The van der Waals surface area contributed by atoms with E-state index in [1.165, 1.54) is 5.56 Å². The minimum absolute atomic E-state index is 0.133. The maximum Gasteiger partial charge on any atom is 0.320 e. The van der Waals surface area contributed by atoms with Crippen LogP contribution in [0.5, 0.6) is 0 Å². The Morgan fingerprint density at radius 1 is 1.05 bits per heavy atom. The molecule has 4 aromatic rings. The Balaban J connectivity index is 1.21. The van der Waals surface area contributed by atoms with Gasteiger partial charge in [0, 0.05) is 49.3 Å². The van der Waals surface area contributed by atoms with Crippen LogP contribution in [0.4, 0.5) is 10.6 Å². The Labute approximate surface area is 234 Å². The first-order valence-electron chi connectivity index (χ1n) is 14.0. The fourth-order valence-corrected chi connectivity index (χ4v) is 5.24. The average molecular weight is 540 g/mol. The fraction of sp³-hybridized carbons (Fsp3) is 0.355. The summed E-state index contributed by atoms with van der Waals surface area (Å²) in [5, 5.41) is 19.0. The number of amides is 3. The molecule has 3 amide bonds. The summed E-state index contributed by atoms with van der Waals surface area (Å²) in [6.07, 6.45) is 4.20. The lowest BCUT2D eigenvalue weighted by molar-refractivity contribution is 0.0695. The number of nitrogens with zero attached hydrogens (tertiary/aromatic N) is 3. The van der Waals surface area contributed by atoms with Crippen molar-refractivity contribution in [1.29, 1.82) is 0 Å². The number of aromatic amines is 1. The zero-order valence-electron chi connectivity index (χ0n) is 23.1. The molecule has 208 valence electrons. The molecule has 2 aromatic heterocycles. The highest BCUT2D eigenvalue weighted by Gasteiger charge is 2.26. The van der Waals surface area contributed by atoms with Crippen molar-refractivity contribution >= 4 is 28.7 Å². The average Bonchev–Trinajstić information content (AvgIpc) is 3.37. The molecule has 4 N–H and O–H groups in total. The smallest absolute Gasteiger partial charge is 0.320 e. The van der Waals surface area contributed by atoms with Crippen LogP contribution in [0.3, 0.4) is 0 Å². The van der Waals surface area contributed by atoms with Gasteiger partial charge < -0.3 is 20.5 Å². The number of aromatic nitrogens is 3. The lowest BCUT2D eigenvalue weighted by Crippen LogP contribution is -2.53. The summed E-state index contributed by atoms with van der Waals surface area (Å²) < 4.78 is 0. The summed E-state index contributed by atoms with van der Waals surface area (Å²) in [6, 6.07) is 20.0. The Morgan fingerprint density at radius 3 is 2.67 bits per heavy atom. The van der Waals surface area contributed by atoms with Gasteiger partial charge in [-0.1, -0.05) is 62.4 Å². The van der Waals surface area contributed by atoms with E-state index in [4.69, 9.17) is 0 Å². The molecule has 5 rings (SSSR count). The second-order valence-corrected chi connectivity index (χ2v) is 10.8. The Kier molecular flexibility index (Phi) is 8.71. The predicted octanol–water partition coefficient (Wildman–Crippen LogP) is 4.18.